The summed E-state index contributed by atoms with van der Waals surface area (Å²) in [6.45, 7) is 3.88. The van der Waals surface area contributed by atoms with Gasteiger partial charge in [-0.15, -0.1) is 0 Å². The molecule has 166 valence electrons. The van der Waals surface area contributed by atoms with E-state index in [1.54, 1.807) is 13.8 Å². The van der Waals surface area contributed by atoms with Crippen LogP contribution in [0.2, 0.25) is 0 Å². The SMILES string of the molecule is CCOC(=O)C1=C(C)OC(N)=C(C#N)C1c1ccccc1OCc1ccc2ccccc2c1. The van der Waals surface area contributed by atoms with Crippen molar-refractivity contribution >= 4 is 16.7 Å². The molecule has 1 unspecified atom stereocenters. The van der Waals surface area contributed by atoms with Crippen LogP contribution in [0.25, 0.3) is 10.8 Å². The van der Waals surface area contributed by atoms with Crippen molar-refractivity contribution in [1.82, 2.24) is 0 Å². The molecule has 4 rings (SSSR count). The lowest BCUT2D eigenvalue weighted by molar-refractivity contribution is -0.139. The zero-order valence-corrected chi connectivity index (χ0v) is 18.5. The first-order valence-electron chi connectivity index (χ1n) is 10.7. The molecule has 2 N–H and O–H groups in total. The van der Waals surface area contributed by atoms with E-state index < -0.39 is 11.9 Å². The van der Waals surface area contributed by atoms with E-state index in [1.165, 1.54) is 0 Å². The smallest absolute Gasteiger partial charge is 0.338 e. The van der Waals surface area contributed by atoms with Crippen LogP contribution in [0, 0.1) is 11.3 Å². The zero-order chi connectivity index (χ0) is 23.4. The van der Waals surface area contributed by atoms with Crippen LogP contribution < -0.4 is 10.5 Å². The largest absolute Gasteiger partial charge is 0.489 e. The van der Waals surface area contributed by atoms with Gasteiger partial charge in [0.25, 0.3) is 0 Å². The number of carbonyl (C=O) groups is 1. The van der Waals surface area contributed by atoms with Crippen molar-refractivity contribution in [2.45, 2.75) is 26.4 Å². The molecule has 3 aromatic rings. The second kappa shape index (κ2) is 9.49. The number of hydrogen-bond acceptors (Lipinski definition) is 6. The Morgan fingerprint density at radius 2 is 1.82 bits per heavy atom. The Kier molecular flexibility index (Phi) is 6.32. The minimum atomic E-state index is -0.754. The van der Waals surface area contributed by atoms with Gasteiger partial charge in [-0.3, -0.25) is 0 Å². The molecule has 0 aliphatic carbocycles. The molecule has 6 heteroatoms. The Bertz CT molecular complexity index is 1320. The molecule has 1 aliphatic heterocycles. The van der Waals surface area contributed by atoms with E-state index in [-0.39, 0.29) is 23.6 Å². The number of allylic oxidation sites excluding steroid dienone is 2. The molecule has 0 saturated carbocycles. The fourth-order valence-electron chi connectivity index (χ4n) is 4.01. The minimum absolute atomic E-state index is 0.0302. The van der Waals surface area contributed by atoms with E-state index in [2.05, 4.69) is 30.3 Å². The second-order valence-corrected chi connectivity index (χ2v) is 7.62. The maximum absolute atomic E-state index is 12.8. The number of esters is 1. The predicted octanol–water partition coefficient (Wildman–Crippen LogP) is 5.06. The summed E-state index contributed by atoms with van der Waals surface area (Å²) in [6.07, 6.45) is 0. The number of nitrogens with zero attached hydrogens (tertiary/aromatic N) is 1. The normalized spacial score (nSPS) is 15.7. The van der Waals surface area contributed by atoms with Crippen molar-refractivity contribution in [2.24, 2.45) is 5.73 Å². The molecule has 1 aliphatic rings. The summed E-state index contributed by atoms with van der Waals surface area (Å²) >= 11 is 0. The maximum atomic E-state index is 12.8. The third-order valence-corrected chi connectivity index (χ3v) is 5.54. The number of para-hydroxylation sites is 1. The van der Waals surface area contributed by atoms with E-state index in [0.29, 0.717) is 23.7 Å². The molecule has 3 aromatic carbocycles. The molecule has 33 heavy (non-hydrogen) atoms. The third-order valence-electron chi connectivity index (χ3n) is 5.54. The summed E-state index contributed by atoms with van der Waals surface area (Å²) in [5, 5.41) is 12.1. The number of benzene rings is 3. The molecule has 1 heterocycles. The molecule has 0 bridgehead atoms. The van der Waals surface area contributed by atoms with Gasteiger partial charge in [0.2, 0.25) is 5.88 Å². The number of fused-ring (bicyclic) bond motifs is 1. The average molecular weight is 440 g/mol. The van der Waals surface area contributed by atoms with E-state index in [1.807, 2.05) is 42.5 Å². The average Bonchev–Trinajstić information content (AvgIpc) is 2.82. The molecule has 0 aromatic heterocycles. The highest BCUT2D eigenvalue weighted by Gasteiger charge is 2.37. The van der Waals surface area contributed by atoms with Gasteiger partial charge in [0, 0.05) is 5.56 Å². The Morgan fingerprint density at radius 3 is 2.58 bits per heavy atom. The highest BCUT2D eigenvalue weighted by molar-refractivity contribution is 5.92. The van der Waals surface area contributed by atoms with Gasteiger partial charge >= 0.3 is 5.97 Å². The highest BCUT2D eigenvalue weighted by atomic mass is 16.5. The second-order valence-electron chi connectivity index (χ2n) is 7.62. The number of nitriles is 1. The van der Waals surface area contributed by atoms with E-state index in [9.17, 15) is 10.1 Å². The fraction of sp³-hybridized carbons (Fsp3) is 0.185. The van der Waals surface area contributed by atoms with E-state index >= 15 is 0 Å². The monoisotopic (exact) mass is 440 g/mol. The molecule has 0 spiro atoms. The zero-order valence-electron chi connectivity index (χ0n) is 18.5. The first kappa shape index (κ1) is 22.0. The number of ether oxygens (including phenoxy) is 3. The fourth-order valence-corrected chi connectivity index (χ4v) is 4.01. The lowest BCUT2D eigenvalue weighted by Crippen LogP contribution is -2.26. The van der Waals surface area contributed by atoms with Gasteiger partial charge in [-0.25, -0.2) is 4.79 Å². The van der Waals surface area contributed by atoms with E-state index in [4.69, 9.17) is 19.9 Å². The van der Waals surface area contributed by atoms with Gasteiger partial charge < -0.3 is 19.9 Å². The summed E-state index contributed by atoms with van der Waals surface area (Å²) in [5.41, 5.74) is 8.05. The summed E-state index contributed by atoms with van der Waals surface area (Å²) in [4.78, 5) is 12.8. The standard InChI is InChI=1S/C27H24N2O4/c1-3-31-27(30)24-17(2)33-26(29)22(15-28)25(24)21-10-6-7-11-23(21)32-16-18-12-13-19-8-4-5-9-20(19)14-18/h4-14,25H,3,16,29H2,1-2H3. The maximum Gasteiger partial charge on any atom is 0.338 e. The summed E-state index contributed by atoms with van der Waals surface area (Å²) in [5.74, 6) is -0.482. The number of rotatable bonds is 6. The van der Waals surface area contributed by atoms with Gasteiger partial charge in [-0.2, -0.15) is 5.26 Å². The van der Waals surface area contributed by atoms with E-state index in [0.717, 1.165) is 16.3 Å². The van der Waals surface area contributed by atoms with Crippen molar-refractivity contribution in [1.29, 1.82) is 5.26 Å². The van der Waals surface area contributed by atoms with Crippen molar-refractivity contribution < 1.29 is 19.0 Å². The molecular formula is C27H24N2O4. The number of carbonyl (C=O) groups excluding carboxylic acids is 1. The first-order chi connectivity index (χ1) is 16.0. The molecule has 1 atom stereocenters. The molecule has 0 saturated heterocycles. The lowest BCUT2D eigenvalue weighted by Gasteiger charge is -2.28. The van der Waals surface area contributed by atoms with Crippen molar-refractivity contribution in [3.8, 4) is 11.8 Å². The molecular weight excluding hydrogens is 416 g/mol. The Morgan fingerprint density at radius 1 is 1.09 bits per heavy atom. The van der Waals surface area contributed by atoms with Crippen LogP contribution in [0.1, 0.15) is 30.9 Å². The Labute approximate surface area is 192 Å². The van der Waals surface area contributed by atoms with Crippen LogP contribution in [0.4, 0.5) is 0 Å². The summed E-state index contributed by atoms with van der Waals surface area (Å²) < 4.78 is 16.9. The molecule has 0 fully saturated rings. The Balaban J connectivity index is 1.71. The van der Waals surface area contributed by atoms with Crippen LogP contribution in [-0.2, 0) is 20.9 Å². The first-order valence-corrected chi connectivity index (χ1v) is 10.7. The quantitative estimate of drug-likeness (QED) is 0.538. The van der Waals surface area contributed by atoms with Gasteiger partial charge in [-0.1, -0.05) is 54.6 Å². The van der Waals surface area contributed by atoms with Crippen molar-refractivity contribution in [3.63, 3.8) is 0 Å². The summed E-state index contributed by atoms with van der Waals surface area (Å²) in [7, 11) is 0. The topological polar surface area (TPSA) is 94.6 Å². The molecule has 0 radical (unpaired) electrons. The van der Waals surface area contributed by atoms with Gasteiger partial charge in [-0.05, 0) is 42.3 Å². The predicted molar refractivity (Wildman–Crippen MR) is 125 cm³/mol. The summed E-state index contributed by atoms with van der Waals surface area (Å²) in [6, 6.07) is 23.7. The van der Waals surface area contributed by atoms with Crippen LogP contribution in [-0.4, -0.2) is 12.6 Å². The Hall–Kier alpha value is -4.24. The van der Waals surface area contributed by atoms with Gasteiger partial charge in [0.05, 0.1) is 18.1 Å². The van der Waals surface area contributed by atoms with Crippen LogP contribution in [0.3, 0.4) is 0 Å². The van der Waals surface area contributed by atoms with Gasteiger partial charge in [0.15, 0.2) is 0 Å². The number of hydrogen-bond donors (Lipinski definition) is 1. The minimum Gasteiger partial charge on any atom is -0.489 e. The van der Waals surface area contributed by atoms with Gasteiger partial charge in [0.1, 0.15) is 29.8 Å². The third kappa shape index (κ3) is 4.39. The lowest BCUT2D eigenvalue weighted by atomic mass is 9.82. The van der Waals surface area contributed by atoms with Crippen LogP contribution in [0.5, 0.6) is 5.75 Å². The number of nitrogens with two attached hydrogens (primary N) is 1. The van der Waals surface area contributed by atoms with Crippen molar-refractivity contribution in [3.05, 3.63) is 101 Å². The highest BCUT2D eigenvalue weighted by Crippen LogP contribution is 2.43. The molecule has 6 nitrogen and oxygen atoms in total. The van der Waals surface area contributed by atoms with Crippen LogP contribution in [0.15, 0.2) is 89.5 Å². The van der Waals surface area contributed by atoms with Crippen molar-refractivity contribution in [2.75, 3.05) is 6.61 Å². The van der Waals surface area contributed by atoms with Crippen LogP contribution >= 0.6 is 0 Å². The molecule has 0 amide bonds.